The van der Waals surface area contributed by atoms with Crippen molar-refractivity contribution in [3.8, 4) is 34.5 Å². The topological polar surface area (TPSA) is 81.8 Å². The minimum absolute atomic E-state index is 0.0449. The zero-order valence-electron chi connectivity index (χ0n) is 13.3. The number of benzene rings is 2. The predicted octanol–water partition coefficient (Wildman–Crippen LogP) is 3.30. The monoisotopic (exact) mass is 334 g/mol. The quantitative estimate of drug-likeness (QED) is 0.617. The zero-order chi connectivity index (χ0) is 17.2. The number of aromatic hydroxyl groups is 1. The molecule has 0 bridgehead atoms. The molecule has 7 heteroatoms. The second kappa shape index (κ2) is 6.12. The molecule has 0 aliphatic rings. The molecule has 0 aliphatic carbocycles. The number of para-hydroxylation sites is 2. The Morgan fingerprint density at radius 2 is 1.72 bits per heavy atom. The van der Waals surface area contributed by atoms with E-state index in [1.165, 1.54) is 0 Å². The molecule has 0 radical (unpaired) electrons. The maximum Gasteiger partial charge on any atom is 0.237 e. The van der Waals surface area contributed by atoms with Crippen LogP contribution in [0.25, 0.3) is 17.0 Å². The summed E-state index contributed by atoms with van der Waals surface area (Å²) in [6, 6.07) is 17.6. The Hall–Kier alpha value is -3.61. The van der Waals surface area contributed by atoms with Crippen molar-refractivity contribution in [3.63, 3.8) is 0 Å². The lowest BCUT2D eigenvalue weighted by molar-refractivity contribution is 0.398. The second-order valence-corrected chi connectivity index (χ2v) is 5.26. The van der Waals surface area contributed by atoms with Crippen molar-refractivity contribution in [1.82, 2.24) is 19.8 Å². The molecule has 1 N–H and O–H groups in total. The van der Waals surface area contributed by atoms with E-state index in [9.17, 15) is 5.11 Å². The molecule has 0 unspecified atom stereocenters. The van der Waals surface area contributed by atoms with Gasteiger partial charge in [0.25, 0.3) is 0 Å². The number of rotatable bonds is 4. The van der Waals surface area contributed by atoms with Crippen LogP contribution >= 0.6 is 0 Å². The van der Waals surface area contributed by atoms with Gasteiger partial charge in [-0.2, -0.15) is 4.52 Å². The Balaban J connectivity index is 1.73. The third-order valence-electron chi connectivity index (χ3n) is 3.67. The first kappa shape index (κ1) is 14.9. The van der Waals surface area contributed by atoms with Crippen LogP contribution in [0.2, 0.25) is 0 Å². The Labute approximate surface area is 143 Å². The number of phenolic OH excluding ortho intramolecular Hbond substituents is 1. The molecule has 0 saturated carbocycles. The summed E-state index contributed by atoms with van der Waals surface area (Å²) in [4.78, 5) is 0. The van der Waals surface area contributed by atoms with Crippen LogP contribution in [0.1, 0.15) is 0 Å². The Bertz CT molecular complexity index is 1030. The van der Waals surface area contributed by atoms with E-state index in [0.29, 0.717) is 23.1 Å². The molecule has 2 aromatic heterocycles. The van der Waals surface area contributed by atoms with Gasteiger partial charge in [0.05, 0.1) is 7.11 Å². The Morgan fingerprint density at radius 3 is 2.48 bits per heavy atom. The fraction of sp³-hybridized carbons (Fsp3) is 0.0556. The van der Waals surface area contributed by atoms with E-state index in [0.717, 1.165) is 11.3 Å². The highest BCUT2D eigenvalue weighted by Crippen LogP contribution is 2.29. The van der Waals surface area contributed by atoms with Crippen molar-refractivity contribution in [1.29, 1.82) is 0 Å². The van der Waals surface area contributed by atoms with Crippen molar-refractivity contribution < 1.29 is 14.6 Å². The number of methoxy groups -OCH3 is 1. The minimum Gasteiger partial charge on any atom is -0.504 e. The van der Waals surface area contributed by atoms with Gasteiger partial charge in [0.1, 0.15) is 5.75 Å². The number of hydrogen-bond acceptors (Lipinski definition) is 6. The van der Waals surface area contributed by atoms with Crippen LogP contribution in [0.15, 0.2) is 60.7 Å². The average molecular weight is 334 g/mol. The van der Waals surface area contributed by atoms with Crippen molar-refractivity contribution in [2.45, 2.75) is 0 Å². The predicted molar refractivity (Wildman–Crippen MR) is 91.0 cm³/mol. The van der Waals surface area contributed by atoms with Crippen LogP contribution in [-0.4, -0.2) is 32.0 Å². The SMILES string of the molecule is COc1ccc(-c2nnc3ccc(Oc4ccccc4O)nn23)cc1. The van der Waals surface area contributed by atoms with Crippen LogP contribution in [0.3, 0.4) is 0 Å². The van der Waals surface area contributed by atoms with Gasteiger partial charge in [0.2, 0.25) is 5.88 Å². The molecule has 7 nitrogen and oxygen atoms in total. The summed E-state index contributed by atoms with van der Waals surface area (Å²) in [5.74, 6) is 2.04. The first-order valence-corrected chi connectivity index (χ1v) is 7.57. The highest BCUT2D eigenvalue weighted by atomic mass is 16.5. The molecule has 2 heterocycles. The minimum atomic E-state index is 0.0449. The van der Waals surface area contributed by atoms with Gasteiger partial charge in [-0.3, -0.25) is 0 Å². The number of hydrogen-bond donors (Lipinski definition) is 1. The fourth-order valence-corrected chi connectivity index (χ4v) is 2.40. The third kappa shape index (κ3) is 2.83. The lowest BCUT2D eigenvalue weighted by Crippen LogP contribution is -1.98. The van der Waals surface area contributed by atoms with Gasteiger partial charge in [0, 0.05) is 11.6 Å². The highest BCUT2D eigenvalue weighted by molar-refractivity contribution is 5.59. The van der Waals surface area contributed by atoms with E-state index >= 15 is 0 Å². The van der Waals surface area contributed by atoms with Gasteiger partial charge >= 0.3 is 0 Å². The van der Waals surface area contributed by atoms with Crippen molar-refractivity contribution in [2.24, 2.45) is 0 Å². The van der Waals surface area contributed by atoms with Crippen molar-refractivity contribution >= 4 is 5.65 Å². The summed E-state index contributed by atoms with van der Waals surface area (Å²) in [6.07, 6.45) is 0. The fourth-order valence-electron chi connectivity index (χ4n) is 2.40. The summed E-state index contributed by atoms with van der Waals surface area (Å²) in [5, 5.41) is 22.6. The molecule has 0 spiro atoms. The molecule has 4 rings (SSSR count). The van der Waals surface area contributed by atoms with Crippen LogP contribution in [0.5, 0.6) is 23.1 Å². The maximum atomic E-state index is 9.83. The Kier molecular flexibility index (Phi) is 3.66. The molecule has 2 aromatic carbocycles. The van der Waals surface area contributed by atoms with Crippen LogP contribution in [0.4, 0.5) is 0 Å². The van der Waals surface area contributed by atoms with Crippen LogP contribution in [-0.2, 0) is 0 Å². The van der Waals surface area contributed by atoms with E-state index in [1.807, 2.05) is 24.3 Å². The maximum absolute atomic E-state index is 9.83. The smallest absolute Gasteiger partial charge is 0.237 e. The lowest BCUT2D eigenvalue weighted by Gasteiger charge is -2.07. The number of fused-ring (bicyclic) bond motifs is 1. The number of phenols is 1. The lowest BCUT2D eigenvalue weighted by atomic mass is 10.2. The summed E-state index contributed by atoms with van der Waals surface area (Å²) < 4.78 is 12.4. The summed E-state index contributed by atoms with van der Waals surface area (Å²) >= 11 is 0. The molecule has 124 valence electrons. The molecule has 4 aromatic rings. The first-order chi connectivity index (χ1) is 12.2. The van der Waals surface area contributed by atoms with Crippen LogP contribution in [0, 0.1) is 0 Å². The zero-order valence-corrected chi connectivity index (χ0v) is 13.3. The summed E-state index contributed by atoms with van der Waals surface area (Å²) in [5.41, 5.74) is 1.44. The van der Waals surface area contributed by atoms with Gasteiger partial charge in [-0.15, -0.1) is 15.3 Å². The molecule has 0 aliphatic heterocycles. The van der Waals surface area contributed by atoms with Crippen molar-refractivity contribution in [3.05, 3.63) is 60.7 Å². The van der Waals surface area contributed by atoms with E-state index in [2.05, 4.69) is 15.3 Å². The largest absolute Gasteiger partial charge is 0.504 e. The van der Waals surface area contributed by atoms with E-state index < -0.39 is 0 Å². The molecule has 0 atom stereocenters. The summed E-state index contributed by atoms with van der Waals surface area (Å²) in [6.45, 7) is 0. The Morgan fingerprint density at radius 1 is 0.920 bits per heavy atom. The van der Waals surface area contributed by atoms with E-state index in [-0.39, 0.29) is 5.75 Å². The second-order valence-electron chi connectivity index (χ2n) is 5.26. The highest BCUT2D eigenvalue weighted by Gasteiger charge is 2.12. The number of nitrogens with zero attached hydrogens (tertiary/aromatic N) is 4. The normalized spacial score (nSPS) is 10.8. The summed E-state index contributed by atoms with van der Waals surface area (Å²) in [7, 11) is 1.62. The molecule has 0 amide bonds. The van der Waals surface area contributed by atoms with Crippen LogP contribution < -0.4 is 9.47 Å². The standard InChI is InChI=1S/C18H14N4O3/c1-24-13-8-6-12(7-9-13)18-20-19-16-10-11-17(21-22(16)18)25-15-5-3-2-4-14(15)23/h2-11,23H,1H3. The molecular weight excluding hydrogens is 320 g/mol. The van der Waals surface area contributed by atoms with Gasteiger partial charge in [-0.05, 0) is 42.5 Å². The van der Waals surface area contributed by atoms with Gasteiger partial charge in [0.15, 0.2) is 23.0 Å². The van der Waals surface area contributed by atoms with Gasteiger partial charge in [-0.1, -0.05) is 12.1 Å². The van der Waals surface area contributed by atoms with Gasteiger partial charge in [-0.25, -0.2) is 0 Å². The molecule has 0 saturated heterocycles. The number of aromatic nitrogens is 4. The van der Waals surface area contributed by atoms with Gasteiger partial charge < -0.3 is 14.6 Å². The number of ether oxygens (including phenoxy) is 2. The molecule has 25 heavy (non-hydrogen) atoms. The van der Waals surface area contributed by atoms with E-state index in [4.69, 9.17) is 9.47 Å². The molecular formula is C18H14N4O3. The van der Waals surface area contributed by atoms with Crippen molar-refractivity contribution in [2.75, 3.05) is 7.11 Å². The molecule has 0 fully saturated rings. The average Bonchev–Trinajstić information content (AvgIpc) is 3.07. The third-order valence-corrected chi connectivity index (χ3v) is 3.67. The first-order valence-electron chi connectivity index (χ1n) is 7.57. The van der Waals surface area contributed by atoms with E-state index in [1.54, 1.807) is 48.0 Å².